The van der Waals surface area contributed by atoms with Gasteiger partial charge in [-0.1, -0.05) is 72.8 Å². The number of nitrogens with two attached hydrogens (primary N) is 1. The van der Waals surface area contributed by atoms with Crippen molar-refractivity contribution in [2.24, 2.45) is 5.73 Å². The number of alkyl carbamates (subject to hydrolysis) is 1. The number of carboxylic acids is 1. The minimum absolute atomic E-state index is 0.00610. The highest BCUT2D eigenvalue weighted by Gasteiger charge is 2.33. The number of carboxylic acid groups (broad SMARTS) is 1. The topological polar surface area (TPSA) is 231 Å². The summed E-state index contributed by atoms with van der Waals surface area (Å²) >= 11 is 0. The molecule has 1 heterocycles. The Morgan fingerprint density at radius 1 is 0.690 bits per heavy atom. The molecule has 0 aliphatic carbocycles. The van der Waals surface area contributed by atoms with E-state index in [1.807, 2.05) is 60.7 Å². The molecular formula is C43H48N6O9. The van der Waals surface area contributed by atoms with Crippen molar-refractivity contribution in [1.29, 1.82) is 0 Å². The Morgan fingerprint density at radius 3 is 1.91 bits per heavy atom. The molecule has 1 aromatic heterocycles. The first-order chi connectivity index (χ1) is 27.6. The number of benzene rings is 4. The molecule has 15 heteroatoms. The molecule has 8 N–H and O–H groups in total. The fourth-order valence-electron chi connectivity index (χ4n) is 6.41. The van der Waals surface area contributed by atoms with Gasteiger partial charge in [0.15, 0.2) is 0 Å². The van der Waals surface area contributed by atoms with Crippen molar-refractivity contribution in [1.82, 2.24) is 26.3 Å². The molecule has 0 aliphatic rings. The number of ether oxygens (including phenoxy) is 2. The van der Waals surface area contributed by atoms with Gasteiger partial charge in [-0.2, -0.15) is 0 Å². The van der Waals surface area contributed by atoms with E-state index < -0.39 is 71.9 Å². The van der Waals surface area contributed by atoms with Crippen LogP contribution in [0, 0.1) is 0 Å². The molecule has 0 spiro atoms. The second-order valence-electron chi connectivity index (χ2n) is 14.9. The van der Waals surface area contributed by atoms with E-state index in [0.717, 1.165) is 21.7 Å². The van der Waals surface area contributed by atoms with Crippen LogP contribution in [0.1, 0.15) is 43.9 Å². The summed E-state index contributed by atoms with van der Waals surface area (Å²) in [5.41, 5.74) is 7.53. The lowest BCUT2D eigenvalue weighted by atomic mass is 9.99. The third-order valence-electron chi connectivity index (χ3n) is 9.26. The highest BCUT2D eigenvalue weighted by Crippen LogP contribution is 2.21. The number of aromatic amines is 1. The molecule has 0 unspecified atom stereocenters. The molecule has 4 aromatic carbocycles. The summed E-state index contributed by atoms with van der Waals surface area (Å²) in [5, 5.41) is 22.7. The van der Waals surface area contributed by atoms with Crippen molar-refractivity contribution >= 4 is 57.4 Å². The lowest BCUT2D eigenvalue weighted by molar-refractivity contribution is -0.141. The van der Waals surface area contributed by atoms with Crippen molar-refractivity contribution in [2.45, 2.75) is 76.2 Å². The predicted octanol–water partition coefficient (Wildman–Crippen LogP) is 3.67. The van der Waals surface area contributed by atoms with Crippen LogP contribution in [0.5, 0.6) is 5.75 Å². The Morgan fingerprint density at radius 2 is 1.26 bits per heavy atom. The van der Waals surface area contributed by atoms with Crippen LogP contribution in [-0.2, 0) is 48.0 Å². The second-order valence-corrected chi connectivity index (χ2v) is 14.9. The number of hydrogen-bond donors (Lipinski definition) is 7. The fourth-order valence-corrected chi connectivity index (χ4v) is 6.41. The molecule has 0 saturated heterocycles. The van der Waals surface area contributed by atoms with Crippen LogP contribution in [0.3, 0.4) is 0 Å². The number of amides is 5. The fraction of sp³-hybridized carbons (Fsp3) is 0.302. The van der Waals surface area contributed by atoms with E-state index in [-0.39, 0.29) is 19.3 Å². The number of hydrogen-bond acceptors (Lipinski definition) is 8. The van der Waals surface area contributed by atoms with Gasteiger partial charge >= 0.3 is 12.1 Å². The van der Waals surface area contributed by atoms with E-state index >= 15 is 0 Å². The van der Waals surface area contributed by atoms with E-state index in [9.17, 15) is 33.9 Å². The lowest BCUT2D eigenvalue weighted by Gasteiger charge is -2.27. The van der Waals surface area contributed by atoms with Crippen LogP contribution in [0.4, 0.5) is 4.79 Å². The Balaban J connectivity index is 1.43. The first-order valence-electron chi connectivity index (χ1n) is 18.7. The minimum atomic E-state index is -1.68. The molecule has 58 heavy (non-hydrogen) atoms. The molecule has 0 saturated carbocycles. The molecule has 5 aromatic rings. The standard InChI is InChI=1S/C43H48N6O9/c1-43(2,3)58-42(56)49-35(22-29-24-45-32-12-8-7-11-31(29)32)40(54)47-34(21-26-13-16-27-9-5-6-10-28(27)19-26)39(53)48-36(23-37(50)51)41(55)46-33(38(44)52)20-25-14-17-30(57-4)18-15-25/h5-19,24,33-36,45H,20-23H2,1-4H3,(H2,44,52)(H,46,55)(H,47,54)(H,48,53)(H,49,56)(H,50,51)/t33-,34-,35-,36-/m0/s1. The van der Waals surface area contributed by atoms with E-state index in [4.69, 9.17) is 15.2 Å². The van der Waals surface area contributed by atoms with E-state index in [0.29, 0.717) is 22.4 Å². The second kappa shape index (κ2) is 18.8. The summed E-state index contributed by atoms with van der Waals surface area (Å²) in [4.78, 5) is 82.8. The van der Waals surface area contributed by atoms with Crippen LogP contribution >= 0.6 is 0 Å². The van der Waals surface area contributed by atoms with Crippen molar-refractivity contribution < 1.29 is 43.3 Å². The van der Waals surface area contributed by atoms with Gasteiger partial charge in [-0.25, -0.2) is 4.79 Å². The molecule has 0 radical (unpaired) electrons. The molecule has 15 nitrogen and oxygen atoms in total. The zero-order chi connectivity index (χ0) is 42.0. The van der Waals surface area contributed by atoms with Gasteiger partial charge < -0.3 is 46.6 Å². The molecule has 5 rings (SSSR count). The highest BCUT2D eigenvalue weighted by atomic mass is 16.6. The first-order valence-corrected chi connectivity index (χ1v) is 18.7. The maximum absolute atomic E-state index is 14.3. The van der Waals surface area contributed by atoms with Gasteiger partial charge in [0.1, 0.15) is 35.5 Å². The molecule has 0 bridgehead atoms. The monoisotopic (exact) mass is 792 g/mol. The van der Waals surface area contributed by atoms with Gasteiger partial charge in [-0.15, -0.1) is 0 Å². The van der Waals surface area contributed by atoms with Gasteiger partial charge in [0.2, 0.25) is 23.6 Å². The van der Waals surface area contributed by atoms with Crippen LogP contribution in [0.15, 0.2) is 97.2 Å². The Labute approximate surface area is 335 Å². The van der Waals surface area contributed by atoms with E-state index in [1.54, 1.807) is 57.3 Å². The third-order valence-corrected chi connectivity index (χ3v) is 9.26. The Hall–Kier alpha value is -6.90. The number of carbonyl (C=O) groups excluding carboxylic acids is 5. The third kappa shape index (κ3) is 11.8. The van der Waals surface area contributed by atoms with Gasteiger partial charge in [0, 0.05) is 36.4 Å². The highest BCUT2D eigenvalue weighted by molar-refractivity contribution is 5.97. The summed E-state index contributed by atoms with van der Waals surface area (Å²) in [6.07, 6.45) is -0.0961. The quantitative estimate of drug-likeness (QED) is 0.0728. The maximum atomic E-state index is 14.3. The summed E-state index contributed by atoms with van der Waals surface area (Å²) in [6, 6.07) is 21.6. The van der Waals surface area contributed by atoms with Gasteiger partial charge in [-0.05, 0) is 66.4 Å². The average molecular weight is 793 g/mol. The normalized spacial score (nSPS) is 13.4. The number of fused-ring (bicyclic) bond motifs is 2. The number of rotatable bonds is 17. The average Bonchev–Trinajstić information content (AvgIpc) is 3.58. The van der Waals surface area contributed by atoms with Crippen molar-refractivity contribution in [3.63, 3.8) is 0 Å². The van der Waals surface area contributed by atoms with Crippen LogP contribution in [0.2, 0.25) is 0 Å². The minimum Gasteiger partial charge on any atom is -0.497 e. The zero-order valence-corrected chi connectivity index (χ0v) is 32.7. The summed E-state index contributed by atoms with van der Waals surface area (Å²) in [6.45, 7) is 5.04. The van der Waals surface area contributed by atoms with E-state index in [2.05, 4.69) is 26.3 Å². The SMILES string of the molecule is COc1ccc(C[C@H](NC(=O)[C@H](CC(=O)O)NC(=O)[C@H](Cc2ccc3ccccc3c2)NC(=O)[C@H](Cc2c[nH]c3ccccc23)NC(=O)OC(C)(C)C)C(N)=O)cc1. The maximum Gasteiger partial charge on any atom is 0.408 e. The lowest BCUT2D eigenvalue weighted by Crippen LogP contribution is -2.59. The number of nitrogens with one attached hydrogen (secondary N) is 5. The first kappa shape index (κ1) is 42.2. The summed E-state index contributed by atoms with van der Waals surface area (Å²) in [7, 11) is 1.50. The largest absolute Gasteiger partial charge is 0.497 e. The molecular weight excluding hydrogens is 745 g/mol. The summed E-state index contributed by atoms with van der Waals surface area (Å²) in [5.74, 6) is -4.34. The number of methoxy groups -OCH3 is 1. The molecule has 4 atom stereocenters. The number of primary amides is 1. The number of aromatic nitrogens is 1. The van der Waals surface area contributed by atoms with Crippen LogP contribution in [-0.4, -0.2) is 82.7 Å². The van der Waals surface area contributed by atoms with E-state index in [1.165, 1.54) is 7.11 Å². The molecule has 304 valence electrons. The summed E-state index contributed by atoms with van der Waals surface area (Å²) < 4.78 is 10.6. The van der Waals surface area contributed by atoms with Gasteiger partial charge in [0.05, 0.1) is 13.5 Å². The van der Waals surface area contributed by atoms with Crippen LogP contribution in [0.25, 0.3) is 21.7 Å². The molecule has 0 fully saturated rings. The number of aliphatic carboxylic acids is 1. The smallest absolute Gasteiger partial charge is 0.408 e. The molecule has 0 aliphatic heterocycles. The number of carbonyl (C=O) groups is 6. The number of H-pyrrole nitrogens is 1. The van der Waals surface area contributed by atoms with Crippen LogP contribution < -0.4 is 31.7 Å². The van der Waals surface area contributed by atoms with Crippen molar-refractivity contribution in [2.75, 3.05) is 7.11 Å². The predicted molar refractivity (Wildman–Crippen MR) is 217 cm³/mol. The van der Waals surface area contributed by atoms with Crippen molar-refractivity contribution in [3.8, 4) is 5.75 Å². The van der Waals surface area contributed by atoms with Crippen molar-refractivity contribution in [3.05, 3.63) is 114 Å². The zero-order valence-electron chi connectivity index (χ0n) is 32.7. The van der Waals surface area contributed by atoms with Gasteiger partial charge in [0.25, 0.3) is 0 Å². The Bertz CT molecular complexity index is 2280. The molecule has 5 amide bonds. The number of para-hydroxylation sites is 1. The Kier molecular flexibility index (Phi) is 13.7. The van der Waals surface area contributed by atoms with Gasteiger partial charge in [-0.3, -0.25) is 24.0 Å².